The summed E-state index contributed by atoms with van der Waals surface area (Å²) < 4.78 is 0. The van der Waals surface area contributed by atoms with E-state index in [2.05, 4.69) is 63.2 Å². The molecule has 1 heteroatoms. The summed E-state index contributed by atoms with van der Waals surface area (Å²) in [5.74, 6) is 0. The van der Waals surface area contributed by atoms with Crippen molar-refractivity contribution < 1.29 is 0 Å². The third kappa shape index (κ3) is 2.24. The molecule has 0 amide bonds. The summed E-state index contributed by atoms with van der Waals surface area (Å²) in [4.78, 5) is 4.83. The molecule has 0 aliphatic heterocycles. The topological polar surface area (TPSA) is 12.9 Å². The number of para-hydroxylation sites is 1. The third-order valence-electron chi connectivity index (χ3n) is 3.41. The second-order valence-electron chi connectivity index (χ2n) is 5.22. The van der Waals surface area contributed by atoms with Crippen LogP contribution in [0.3, 0.4) is 0 Å². The Morgan fingerprint density at radius 1 is 0.789 bits per heavy atom. The van der Waals surface area contributed by atoms with Gasteiger partial charge in [-0.25, -0.2) is 4.98 Å². The Bertz CT molecular complexity index is 736. The number of benzene rings is 2. The number of pyridine rings is 1. The van der Waals surface area contributed by atoms with Gasteiger partial charge in [0.2, 0.25) is 0 Å². The molecule has 0 spiro atoms. The standard InChI is InChI=1S/C18H17N/c1-12-8-13(2)10-16(9-12)18-14(3)11-15-6-4-5-7-17(15)19-18/h4-11H,1-3H3. The molecule has 19 heavy (non-hydrogen) atoms. The minimum Gasteiger partial charge on any atom is -0.248 e. The Labute approximate surface area is 113 Å². The van der Waals surface area contributed by atoms with Crippen LogP contribution in [-0.4, -0.2) is 4.98 Å². The number of fused-ring (bicyclic) bond motifs is 1. The molecule has 3 rings (SSSR count). The fourth-order valence-electron chi connectivity index (χ4n) is 2.63. The van der Waals surface area contributed by atoms with Gasteiger partial charge in [0.1, 0.15) is 0 Å². The van der Waals surface area contributed by atoms with E-state index in [4.69, 9.17) is 4.98 Å². The molecule has 1 nitrogen and oxygen atoms in total. The molecular weight excluding hydrogens is 230 g/mol. The van der Waals surface area contributed by atoms with Crippen molar-refractivity contribution in [2.45, 2.75) is 20.8 Å². The van der Waals surface area contributed by atoms with Crippen molar-refractivity contribution in [3.63, 3.8) is 0 Å². The number of hydrogen-bond donors (Lipinski definition) is 0. The van der Waals surface area contributed by atoms with Crippen LogP contribution in [0.4, 0.5) is 0 Å². The van der Waals surface area contributed by atoms with Crippen molar-refractivity contribution in [1.82, 2.24) is 4.98 Å². The second kappa shape index (κ2) is 4.51. The number of aryl methyl sites for hydroxylation is 3. The Morgan fingerprint density at radius 2 is 1.47 bits per heavy atom. The molecule has 0 fully saturated rings. The lowest BCUT2D eigenvalue weighted by Crippen LogP contribution is -1.91. The van der Waals surface area contributed by atoms with E-state index in [9.17, 15) is 0 Å². The molecule has 0 saturated heterocycles. The number of rotatable bonds is 1. The Kier molecular flexibility index (Phi) is 2.83. The van der Waals surface area contributed by atoms with Crippen LogP contribution in [0.2, 0.25) is 0 Å². The van der Waals surface area contributed by atoms with Crippen LogP contribution in [0.5, 0.6) is 0 Å². The Hall–Kier alpha value is -2.15. The van der Waals surface area contributed by atoms with Gasteiger partial charge in [0.25, 0.3) is 0 Å². The first-order valence-electron chi connectivity index (χ1n) is 6.58. The second-order valence-corrected chi connectivity index (χ2v) is 5.22. The summed E-state index contributed by atoms with van der Waals surface area (Å²) in [6.45, 7) is 6.40. The van der Waals surface area contributed by atoms with Gasteiger partial charge in [0.15, 0.2) is 0 Å². The summed E-state index contributed by atoms with van der Waals surface area (Å²) in [6, 6.07) is 17.1. The first kappa shape index (κ1) is 11.9. The normalized spacial score (nSPS) is 10.9. The number of hydrogen-bond acceptors (Lipinski definition) is 1. The predicted molar refractivity (Wildman–Crippen MR) is 81.4 cm³/mol. The van der Waals surface area contributed by atoms with E-state index >= 15 is 0 Å². The maximum absolute atomic E-state index is 4.83. The molecule has 0 aliphatic carbocycles. The van der Waals surface area contributed by atoms with Gasteiger partial charge in [0, 0.05) is 10.9 Å². The van der Waals surface area contributed by atoms with Crippen molar-refractivity contribution in [1.29, 1.82) is 0 Å². The first-order chi connectivity index (χ1) is 9.13. The molecule has 94 valence electrons. The smallest absolute Gasteiger partial charge is 0.0739 e. The van der Waals surface area contributed by atoms with E-state index in [0.29, 0.717) is 0 Å². The molecule has 0 radical (unpaired) electrons. The van der Waals surface area contributed by atoms with E-state index in [-0.39, 0.29) is 0 Å². The molecule has 0 bridgehead atoms. The van der Waals surface area contributed by atoms with Gasteiger partial charge in [0.05, 0.1) is 11.2 Å². The van der Waals surface area contributed by atoms with Crippen LogP contribution in [0.25, 0.3) is 22.2 Å². The van der Waals surface area contributed by atoms with E-state index in [0.717, 1.165) is 11.2 Å². The predicted octanol–water partition coefficient (Wildman–Crippen LogP) is 4.83. The highest BCUT2D eigenvalue weighted by Gasteiger charge is 2.07. The SMILES string of the molecule is Cc1cc(C)cc(-c2nc3ccccc3cc2C)c1. The van der Waals surface area contributed by atoms with Crippen molar-refractivity contribution in [2.24, 2.45) is 0 Å². The summed E-state index contributed by atoms with van der Waals surface area (Å²) in [6.07, 6.45) is 0. The molecule has 0 unspecified atom stereocenters. The molecule has 3 aromatic rings. The number of aromatic nitrogens is 1. The average Bonchev–Trinajstić information content (AvgIpc) is 2.36. The van der Waals surface area contributed by atoms with E-state index in [1.54, 1.807) is 0 Å². The zero-order valence-corrected chi connectivity index (χ0v) is 11.6. The van der Waals surface area contributed by atoms with E-state index in [1.807, 2.05) is 6.07 Å². The molecule has 1 heterocycles. The third-order valence-corrected chi connectivity index (χ3v) is 3.41. The Balaban J connectivity index is 2.26. The summed E-state index contributed by atoms with van der Waals surface area (Å²) in [7, 11) is 0. The van der Waals surface area contributed by atoms with Gasteiger partial charge in [-0.1, -0.05) is 35.4 Å². The molecule has 0 N–H and O–H groups in total. The monoisotopic (exact) mass is 247 g/mol. The quantitative estimate of drug-likeness (QED) is 0.600. The lowest BCUT2D eigenvalue weighted by Gasteiger charge is -2.09. The maximum atomic E-state index is 4.83. The highest BCUT2D eigenvalue weighted by molar-refractivity contribution is 5.83. The molecule has 2 aromatic carbocycles. The fourth-order valence-corrected chi connectivity index (χ4v) is 2.63. The summed E-state index contributed by atoms with van der Waals surface area (Å²) >= 11 is 0. The van der Waals surface area contributed by atoms with Gasteiger partial charge in [-0.3, -0.25) is 0 Å². The number of nitrogens with zero attached hydrogens (tertiary/aromatic N) is 1. The lowest BCUT2D eigenvalue weighted by atomic mass is 10.0. The molecule has 1 aromatic heterocycles. The van der Waals surface area contributed by atoms with Gasteiger partial charge < -0.3 is 0 Å². The van der Waals surface area contributed by atoms with Crippen molar-refractivity contribution in [3.8, 4) is 11.3 Å². The van der Waals surface area contributed by atoms with Crippen molar-refractivity contribution >= 4 is 10.9 Å². The zero-order valence-electron chi connectivity index (χ0n) is 11.6. The van der Waals surface area contributed by atoms with Crippen molar-refractivity contribution in [3.05, 3.63) is 65.2 Å². The van der Waals surface area contributed by atoms with Crippen LogP contribution < -0.4 is 0 Å². The van der Waals surface area contributed by atoms with Crippen LogP contribution in [0, 0.1) is 20.8 Å². The highest BCUT2D eigenvalue weighted by Crippen LogP contribution is 2.26. The van der Waals surface area contributed by atoms with E-state index < -0.39 is 0 Å². The average molecular weight is 247 g/mol. The van der Waals surface area contributed by atoms with Crippen LogP contribution in [0.15, 0.2) is 48.5 Å². The fraction of sp³-hybridized carbons (Fsp3) is 0.167. The van der Waals surface area contributed by atoms with Crippen LogP contribution in [0.1, 0.15) is 16.7 Å². The zero-order chi connectivity index (χ0) is 13.4. The van der Waals surface area contributed by atoms with E-state index in [1.165, 1.54) is 27.6 Å². The molecular formula is C18H17N. The lowest BCUT2D eigenvalue weighted by molar-refractivity contribution is 1.30. The largest absolute Gasteiger partial charge is 0.248 e. The van der Waals surface area contributed by atoms with Gasteiger partial charge in [-0.15, -0.1) is 0 Å². The summed E-state index contributed by atoms with van der Waals surface area (Å²) in [5, 5.41) is 1.20. The molecule has 0 aliphatic rings. The first-order valence-corrected chi connectivity index (χ1v) is 6.58. The maximum Gasteiger partial charge on any atom is 0.0739 e. The molecule has 0 atom stereocenters. The van der Waals surface area contributed by atoms with Gasteiger partial charge in [-0.2, -0.15) is 0 Å². The minimum atomic E-state index is 1.06. The van der Waals surface area contributed by atoms with Gasteiger partial charge in [-0.05, 0) is 50.6 Å². The minimum absolute atomic E-state index is 1.06. The van der Waals surface area contributed by atoms with Crippen LogP contribution in [-0.2, 0) is 0 Å². The highest BCUT2D eigenvalue weighted by atomic mass is 14.7. The summed E-state index contributed by atoms with van der Waals surface area (Å²) in [5.41, 5.74) is 7.14. The van der Waals surface area contributed by atoms with Gasteiger partial charge >= 0.3 is 0 Å². The molecule has 0 saturated carbocycles. The van der Waals surface area contributed by atoms with Crippen molar-refractivity contribution in [2.75, 3.05) is 0 Å². The Morgan fingerprint density at radius 3 is 2.21 bits per heavy atom. The van der Waals surface area contributed by atoms with Crippen LogP contribution >= 0.6 is 0 Å².